The zero-order valence-corrected chi connectivity index (χ0v) is 19.1. The van der Waals surface area contributed by atoms with Crippen LogP contribution in [0.2, 0.25) is 0 Å². The number of hydrogen-bond acceptors (Lipinski definition) is 3. The first-order chi connectivity index (χ1) is 14.3. The third-order valence-electron chi connectivity index (χ3n) is 9.30. The summed E-state index contributed by atoms with van der Waals surface area (Å²) in [6.45, 7) is 4.20. The molecule has 4 fully saturated rings. The summed E-state index contributed by atoms with van der Waals surface area (Å²) in [6.07, 6.45) is 22.2. The topological polar surface area (TPSA) is 50.1 Å². The molecule has 4 aliphatic rings. The van der Waals surface area contributed by atoms with Crippen LogP contribution in [0, 0.1) is 35.5 Å². The Morgan fingerprint density at radius 2 is 1.38 bits per heavy atom. The van der Waals surface area contributed by atoms with Crippen LogP contribution in [-0.2, 0) is 0 Å². The Kier molecular flexibility index (Phi) is 8.75. The number of nitrogens with two attached hydrogens (primary N) is 1. The van der Waals surface area contributed by atoms with Gasteiger partial charge in [-0.25, -0.2) is 0 Å². The van der Waals surface area contributed by atoms with Crippen LogP contribution in [0.15, 0.2) is 0 Å². The molecule has 0 saturated heterocycles. The monoisotopic (exact) mass is 403 g/mol. The second-order valence-electron chi connectivity index (χ2n) is 11.3. The van der Waals surface area contributed by atoms with Crippen LogP contribution >= 0.6 is 0 Å². The third kappa shape index (κ3) is 6.43. The lowest BCUT2D eigenvalue weighted by Gasteiger charge is -2.26. The van der Waals surface area contributed by atoms with Gasteiger partial charge in [0.2, 0.25) is 0 Å². The summed E-state index contributed by atoms with van der Waals surface area (Å²) in [6, 6.07) is 0.775. The number of rotatable bonds is 15. The lowest BCUT2D eigenvalue weighted by Crippen LogP contribution is -2.33. The largest absolute Gasteiger partial charge is 0.330 e. The minimum atomic E-state index is 0.775. The normalized spacial score (nSPS) is 36.3. The summed E-state index contributed by atoms with van der Waals surface area (Å²) in [4.78, 5) is 0. The highest BCUT2D eigenvalue weighted by molar-refractivity contribution is 4.91. The molecule has 0 heterocycles. The average molecular weight is 404 g/mol. The zero-order chi connectivity index (χ0) is 19.9. The molecule has 0 amide bonds. The van der Waals surface area contributed by atoms with Crippen LogP contribution in [0.4, 0.5) is 0 Å². The second kappa shape index (κ2) is 11.5. The molecule has 0 aromatic carbocycles. The van der Waals surface area contributed by atoms with Gasteiger partial charge in [-0.3, -0.25) is 0 Å². The molecule has 0 aliphatic heterocycles. The molecule has 0 radical (unpaired) electrons. The molecule has 7 atom stereocenters. The van der Waals surface area contributed by atoms with Crippen molar-refractivity contribution >= 4 is 0 Å². The minimum Gasteiger partial charge on any atom is -0.330 e. The van der Waals surface area contributed by atoms with Gasteiger partial charge in [0, 0.05) is 6.04 Å². The van der Waals surface area contributed by atoms with E-state index in [1.165, 1.54) is 45.1 Å². The van der Waals surface area contributed by atoms with Crippen molar-refractivity contribution in [2.45, 2.75) is 102 Å². The predicted octanol–water partition coefficient (Wildman–Crippen LogP) is 5.10. The molecule has 29 heavy (non-hydrogen) atoms. The first-order valence-corrected chi connectivity index (χ1v) is 13.5. The van der Waals surface area contributed by atoms with E-state index in [2.05, 4.69) is 10.6 Å². The van der Waals surface area contributed by atoms with E-state index < -0.39 is 0 Å². The summed E-state index contributed by atoms with van der Waals surface area (Å²) in [5.74, 6) is 6.59. The van der Waals surface area contributed by atoms with E-state index in [9.17, 15) is 0 Å². The molecular formula is C26H49N3. The molecule has 3 heteroatoms. The van der Waals surface area contributed by atoms with Crippen molar-refractivity contribution in [3.63, 3.8) is 0 Å². The molecule has 3 nitrogen and oxygen atoms in total. The van der Waals surface area contributed by atoms with Crippen molar-refractivity contribution in [1.82, 2.24) is 10.6 Å². The smallest absolute Gasteiger partial charge is 0.00671 e. The highest BCUT2D eigenvalue weighted by Gasteiger charge is 2.40. The Balaban J connectivity index is 1.13. The zero-order valence-electron chi connectivity index (χ0n) is 19.1. The molecule has 4 aliphatic carbocycles. The maximum Gasteiger partial charge on any atom is 0.00671 e. The molecule has 0 aromatic rings. The Morgan fingerprint density at radius 1 is 0.690 bits per heavy atom. The van der Waals surface area contributed by atoms with Crippen molar-refractivity contribution in [3.05, 3.63) is 0 Å². The van der Waals surface area contributed by atoms with E-state index in [0.29, 0.717) is 0 Å². The predicted molar refractivity (Wildman–Crippen MR) is 124 cm³/mol. The summed E-state index contributed by atoms with van der Waals surface area (Å²) in [7, 11) is 0. The molecule has 4 rings (SSSR count). The van der Waals surface area contributed by atoms with Crippen molar-refractivity contribution in [2.75, 3.05) is 26.2 Å². The number of nitrogens with one attached hydrogen (secondary N) is 2. The van der Waals surface area contributed by atoms with Gasteiger partial charge in [-0.05, 0) is 132 Å². The van der Waals surface area contributed by atoms with Crippen LogP contribution in [0.25, 0.3) is 0 Å². The molecule has 7 unspecified atom stereocenters. The van der Waals surface area contributed by atoms with Gasteiger partial charge in [0.25, 0.3) is 0 Å². The van der Waals surface area contributed by atoms with Gasteiger partial charge in [0.1, 0.15) is 0 Å². The van der Waals surface area contributed by atoms with E-state index in [-0.39, 0.29) is 0 Å². The maximum atomic E-state index is 5.58. The summed E-state index contributed by atoms with van der Waals surface area (Å²) in [5.41, 5.74) is 5.58. The van der Waals surface area contributed by atoms with Crippen LogP contribution in [0.1, 0.15) is 96.3 Å². The molecule has 0 aromatic heterocycles. The van der Waals surface area contributed by atoms with Gasteiger partial charge in [-0.15, -0.1) is 0 Å². The van der Waals surface area contributed by atoms with Crippen molar-refractivity contribution in [2.24, 2.45) is 41.2 Å². The fourth-order valence-electron chi connectivity index (χ4n) is 7.72. The minimum absolute atomic E-state index is 0.775. The van der Waals surface area contributed by atoms with Gasteiger partial charge in [0.05, 0.1) is 0 Å². The van der Waals surface area contributed by atoms with E-state index in [1.54, 1.807) is 51.4 Å². The molecule has 4 saturated carbocycles. The second-order valence-corrected chi connectivity index (χ2v) is 11.3. The van der Waals surface area contributed by atoms with Gasteiger partial charge in [0.15, 0.2) is 0 Å². The van der Waals surface area contributed by atoms with Crippen LogP contribution in [-0.4, -0.2) is 32.2 Å². The van der Waals surface area contributed by atoms with Crippen LogP contribution < -0.4 is 16.4 Å². The molecule has 4 bridgehead atoms. The fraction of sp³-hybridized carbons (Fsp3) is 1.00. The Morgan fingerprint density at radius 3 is 2.00 bits per heavy atom. The summed E-state index contributed by atoms with van der Waals surface area (Å²) >= 11 is 0. The van der Waals surface area contributed by atoms with Crippen LogP contribution in [0.3, 0.4) is 0 Å². The first kappa shape index (κ1) is 22.1. The van der Waals surface area contributed by atoms with Gasteiger partial charge in [-0.1, -0.05) is 25.7 Å². The third-order valence-corrected chi connectivity index (χ3v) is 9.30. The molecule has 0 spiro atoms. The SMILES string of the molecule is NCCCNCCCNC(CCCC1CC2CCC1C2)CCC1CC2CCC1C2. The van der Waals surface area contributed by atoms with Crippen molar-refractivity contribution in [1.29, 1.82) is 0 Å². The van der Waals surface area contributed by atoms with E-state index >= 15 is 0 Å². The fourth-order valence-corrected chi connectivity index (χ4v) is 7.72. The van der Waals surface area contributed by atoms with E-state index in [4.69, 9.17) is 5.73 Å². The first-order valence-electron chi connectivity index (χ1n) is 13.5. The quantitative estimate of drug-likeness (QED) is 0.334. The van der Waals surface area contributed by atoms with Crippen LogP contribution in [0.5, 0.6) is 0 Å². The number of fused-ring (bicyclic) bond motifs is 4. The Labute approximate surface area is 180 Å². The highest BCUT2D eigenvalue weighted by atomic mass is 14.9. The van der Waals surface area contributed by atoms with Crippen molar-refractivity contribution < 1.29 is 0 Å². The molecular weight excluding hydrogens is 354 g/mol. The standard InChI is InChI=1S/C26H49N3/c27-12-2-13-28-14-3-15-29-26(11-10-25-19-21-7-9-24(25)18-21)5-1-4-22-16-20-6-8-23(22)17-20/h20-26,28-29H,1-19,27H2. The van der Waals surface area contributed by atoms with Crippen molar-refractivity contribution in [3.8, 4) is 0 Å². The number of hydrogen-bond donors (Lipinski definition) is 3. The van der Waals surface area contributed by atoms with Gasteiger partial charge in [-0.2, -0.15) is 0 Å². The van der Waals surface area contributed by atoms with Gasteiger partial charge < -0.3 is 16.4 Å². The lowest BCUT2D eigenvalue weighted by atomic mass is 9.83. The average Bonchev–Trinajstić information content (AvgIpc) is 3.52. The Bertz CT molecular complexity index is 467. The molecule has 4 N–H and O–H groups in total. The summed E-state index contributed by atoms with van der Waals surface area (Å²) in [5, 5.41) is 7.50. The van der Waals surface area contributed by atoms with E-state index in [1.807, 2.05) is 0 Å². The van der Waals surface area contributed by atoms with Gasteiger partial charge >= 0.3 is 0 Å². The highest BCUT2D eigenvalue weighted by Crippen LogP contribution is 2.51. The maximum absolute atomic E-state index is 5.58. The van der Waals surface area contributed by atoms with E-state index in [0.717, 1.165) is 67.6 Å². The molecule has 168 valence electrons. The summed E-state index contributed by atoms with van der Waals surface area (Å²) < 4.78 is 0. The Hall–Kier alpha value is -0.120. The lowest BCUT2D eigenvalue weighted by molar-refractivity contribution is 0.275.